The maximum absolute atomic E-state index is 12.0. The van der Waals surface area contributed by atoms with E-state index in [-0.39, 0.29) is 28.9 Å². The van der Waals surface area contributed by atoms with Gasteiger partial charge in [-0.15, -0.1) is 0 Å². The molecule has 0 amide bonds. The second-order valence-corrected chi connectivity index (χ2v) is 4.43. The molecule has 2 aromatic rings. The summed E-state index contributed by atoms with van der Waals surface area (Å²) in [7, 11) is 0. The van der Waals surface area contributed by atoms with E-state index in [1.165, 1.54) is 24.3 Å². The predicted octanol–water partition coefficient (Wildman–Crippen LogP) is 2.64. The quantitative estimate of drug-likeness (QED) is 0.592. The molecule has 0 spiro atoms. The Bertz CT molecular complexity index is 735. The van der Waals surface area contributed by atoms with Crippen LogP contribution in [0.25, 0.3) is 11.1 Å². The molecule has 0 unspecified atom stereocenters. The van der Waals surface area contributed by atoms with Crippen molar-refractivity contribution in [3.8, 4) is 22.6 Å². The molecule has 2 rings (SSSR count). The number of phenolic OH excluding ortho intramolecular Hbond substituents is 2. The van der Waals surface area contributed by atoms with E-state index in [4.69, 9.17) is 4.74 Å². The predicted molar refractivity (Wildman–Crippen MR) is 78.1 cm³/mol. The van der Waals surface area contributed by atoms with Crippen molar-refractivity contribution in [3.05, 3.63) is 47.5 Å². The number of carboxylic acid groups (broad SMARTS) is 1. The van der Waals surface area contributed by atoms with Crippen LogP contribution in [-0.2, 0) is 4.74 Å². The van der Waals surface area contributed by atoms with Gasteiger partial charge in [0.25, 0.3) is 0 Å². The Morgan fingerprint density at radius 3 is 2.36 bits per heavy atom. The van der Waals surface area contributed by atoms with Crippen molar-refractivity contribution in [3.63, 3.8) is 0 Å². The fraction of sp³-hybridized carbons (Fsp3) is 0.125. The number of aromatic carboxylic acids is 1. The van der Waals surface area contributed by atoms with Gasteiger partial charge in [-0.2, -0.15) is 0 Å². The molecule has 0 saturated heterocycles. The topological polar surface area (TPSA) is 104 Å². The zero-order chi connectivity index (χ0) is 16.3. The lowest BCUT2D eigenvalue weighted by atomic mass is 9.94. The summed E-state index contributed by atoms with van der Waals surface area (Å²) >= 11 is 0. The monoisotopic (exact) mass is 302 g/mol. The van der Waals surface area contributed by atoms with Gasteiger partial charge in [-0.25, -0.2) is 9.59 Å². The van der Waals surface area contributed by atoms with Gasteiger partial charge in [0, 0.05) is 11.1 Å². The van der Waals surface area contributed by atoms with Crippen molar-refractivity contribution >= 4 is 11.9 Å². The lowest BCUT2D eigenvalue weighted by molar-refractivity contribution is 0.0526. The molecule has 0 heterocycles. The summed E-state index contributed by atoms with van der Waals surface area (Å²) in [6.07, 6.45) is 0. The SMILES string of the molecule is CCOC(=O)c1ccc(O)c(O)c1-c1ccccc1C(=O)O. The summed E-state index contributed by atoms with van der Waals surface area (Å²) in [6.45, 7) is 1.75. The zero-order valence-corrected chi connectivity index (χ0v) is 11.7. The molecule has 0 aromatic heterocycles. The Labute approximate surface area is 126 Å². The molecule has 0 radical (unpaired) electrons. The summed E-state index contributed by atoms with van der Waals surface area (Å²) < 4.78 is 4.91. The Balaban J connectivity index is 2.76. The molecular weight excluding hydrogens is 288 g/mol. The van der Waals surface area contributed by atoms with Gasteiger partial charge in [0.1, 0.15) is 0 Å². The van der Waals surface area contributed by atoms with Gasteiger partial charge in [0.2, 0.25) is 0 Å². The largest absolute Gasteiger partial charge is 0.504 e. The first-order valence-corrected chi connectivity index (χ1v) is 6.52. The van der Waals surface area contributed by atoms with Gasteiger partial charge in [-0.05, 0) is 25.1 Å². The Kier molecular flexibility index (Phi) is 4.31. The highest BCUT2D eigenvalue weighted by Crippen LogP contribution is 2.40. The maximum atomic E-state index is 12.0. The molecule has 0 aliphatic carbocycles. The lowest BCUT2D eigenvalue weighted by Crippen LogP contribution is -2.08. The smallest absolute Gasteiger partial charge is 0.338 e. The number of carbonyl (C=O) groups is 2. The highest BCUT2D eigenvalue weighted by atomic mass is 16.5. The van der Waals surface area contributed by atoms with Crippen LogP contribution < -0.4 is 0 Å². The van der Waals surface area contributed by atoms with E-state index in [1.807, 2.05) is 0 Å². The highest BCUT2D eigenvalue weighted by Gasteiger charge is 2.23. The maximum Gasteiger partial charge on any atom is 0.338 e. The minimum Gasteiger partial charge on any atom is -0.504 e. The summed E-state index contributed by atoms with van der Waals surface area (Å²) in [5.41, 5.74) is -0.0808. The molecule has 0 atom stereocenters. The first-order valence-electron chi connectivity index (χ1n) is 6.52. The van der Waals surface area contributed by atoms with Crippen molar-refractivity contribution in [1.82, 2.24) is 0 Å². The highest BCUT2D eigenvalue weighted by molar-refractivity contribution is 6.04. The Hall–Kier alpha value is -3.02. The number of benzene rings is 2. The second-order valence-electron chi connectivity index (χ2n) is 4.43. The Morgan fingerprint density at radius 1 is 1.05 bits per heavy atom. The fourth-order valence-corrected chi connectivity index (χ4v) is 2.12. The van der Waals surface area contributed by atoms with E-state index in [9.17, 15) is 24.9 Å². The number of carboxylic acids is 1. The number of aromatic hydroxyl groups is 2. The lowest BCUT2D eigenvalue weighted by Gasteiger charge is -2.14. The van der Waals surface area contributed by atoms with Crippen LogP contribution in [0, 0.1) is 0 Å². The third-order valence-electron chi connectivity index (χ3n) is 3.08. The molecule has 0 aliphatic heterocycles. The number of rotatable bonds is 4. The number of ether oxygens (including phenoxy) is 1. The molecule has 22 heavy (non-hydrogen) atoms. The molecule has 0 bridgehead atoms. The van der Waals surface area contributed by atoms with Crippen molar-refractivity contribution in [2.45, 2.75) is 6.92 Å². The molecule has 0 aliphatic rings. The number of hydrogen-bond acceptors (Lipinski definition) is 5. The summed E-state index contributed by atoms with van der Waals surface area (Å²) in [6, 6.07) is 8.31. The van der Waals surface area contributed by atoms with Crippen LogP contribution >= 0.6 is 0 Å². The van der Waals surface area contributed by atoms with E-state index in [1.54, 1.807) is 13.0 Å². The summed E-state index contributed by atoms with van der Waals surface area (Å²) in [4.78, 5) is 23.4. The van der Waals surface area contributed by atoms with Crippen molar-refractivity contribution in [2.24, 2.45) is 0 Å². The summed E-state index contributed by atoms with van der Waals surface area (Å²) in [5.74, 6) is -2.95. The van der Waals surface area contributed by atoms with Gasteiger partial charge < -0.3 is 20.1 Å². The van der Waals surface area contributed by atoms with Gasteiger partial charge in [-0.3, -0.25) is 0 Å². The third kappa shape index (κ3) is 2.71. The normalized spacial score (nSPS) is 10.2. The minimum atomic E-state index is -1.21. The molecule has 0 saturated carbocycles. The average Bonchev–Trinajstić information content (AvgIpc) is 2.50. The summed E-state index contributed by atoms with van der Waals surface area (Å²) in [5, 5.41) is 29.0. The van der Waals surface area contributed by atoms with E-state index in [0.29, 0.717) is 0 Å². The molecule has 3 N–H and O–H groups in total. The Morgan fingerprint density at radius 2 is 1.73 bits per heavy atom. The van der Waals surface area contributed by atoms with E-state index in [2.05, 4.69) is 0 Å². The van der Waals surface area contributed by atoms with Crippen LogP contribution in [0.15, 0.2) is 36.4 Å². The average molecular weight is 302 g/mol. The molecule has 2 aromatic carbocycles. The number of phenols is 2. The van der Waals surface area contributed by atoms with Crippen molar-refractivity contribution in [2.75, 3.05) is 6.61 Å². The first kappa shape index (κ1) is 15.4. The minimum absolute atomic E-state index is 0.0224. The standard InChI is InChI=1S/C16H14O6/c1-2-22-16(21)11-7-8-12(17)14(18)13(11)9-5-3-4-6-10(9)15(19)20/h3-8,17-18H,2H2,1H3,(H,19,20). The van der Waals surface area contributed by atoms with Crippen LogP contribution in [0.2, 0.25) is 0 Å². The number of hydrogen-bond donors (Lipinski definition) is 3. The van der Waals surface area contributed by atoms with Gasteiger partial charge >= 0.3 is 11.9 Å². The molecule has 6 nitrogen and oxygen atoms in total. The van der Waals surface area contributed by atoms with Crippen LogP contribution in [0.3, 0.4) is 0 Å². The van der Waals surface area contributed by atoms with Crippen LogP contribution in [0.1, 0.15) is 27.6 Å². The number of esters is 1. The van der Waals surface area contributed by atoms with E-state index >= 15 is 0 Å². The molecule has 114 valence electrons. The zero-order valence-electron chi connectivity index (χ0n) is 11.7. The van der Waals surface area contributed by atoms with E-state index in [0.717, 1.165) is 6.07 Å². The van der Waals surface area contributed by atoms with Crippen molar-refractivity contribution in [1.29, 1.82) is 0 Å². The van der Waals surface area contributed by atoms with Crippen LogP contribution in [-0.4, -0.2) is 33.9 Å². The van der Waals surface area contributed by atoms with Gasteiger partial charge in [0.05, 0.1) is 17.7 Å². The molecule has 0 fully saturated rings. The van der Waals surface area contributed by atoms with Crippen molar-refractivity contribution < 1.29 is 29.6 Å². The molecule has 6 heteroatoms. The molecular formula is C16H14O6. The van der Waals surface area contributed by atoms with Gasteiger partial charge in [0.15, 0.2) is 11.5 Å². The van der Waals surface area contributed by atoms with Crippen LogP contribution in [0.4, 0.5) is 0 Å². The fourth-order valence-electron chi connectivity index (χ4n) is 2.12. The van der Waals surface area contributed by atoms with E-state index < -0.39 is 23.4 Å². The first-order chi connectivity index (χ1) is 10.5. The van der Waals surface area contributed by atoms with Gasteiger partial charge in [-0.1, -0.05) is 18.2 Å². The van der Waals surface area contributed by atoms with Crippen LogP contribution in [0.5, 0.6) is 11.5 Å². The number of carbonyl (C=O) groups excluding carboxylic acids is 1. The third-order valence-corrected chi connectivity index (χ3v) is 3.08. The second kappa shape index (κ2) is 6.17.